The van der Waals surface area contributed by atoms with Gasteiger partial charge in [0.2, 0.25) is 5.91 Å². The number of hydrogen-bond acceptors (Lipinski definition) is 3. The van der Waals surface area contributed by atoms with Crippen LogP contribution in [0.25, 0.3) is 0 Å². The highest BCUT2D eigenvalue weighted by molar-refractivity contribution is 6.09. The van der Waals surface area contributed by atoms with Crippen LogP contribution in [-0.4, -0.2) is 17.0 Å². The van der Waals surface area contributed by atoms with E-state index in [1.165, 1.54) is 0 Å². The Labute approximate surface area is 140 Å². The highest BCUT2D eigenvalue weighted by Gasteiger charge is 2.51. The third kappa shape index (κ3) is 3.25. The minimum Gasteiger partial charge on any atom is -0.489 e. The molecule has 0 saturated heterocycles. The molecule has 5 nitrogen and oxygen atoms in total. The number of para-hydroxylation sites is 1. The van der Waals surface area contributed by atoms with Crippen molar-refractivity contribution in [1.82, 2.24) is 0 Å². The molecule has 0 radical (unpaired) electrons. The second kappa shape index (κ2) is 6.74. The summed E-state index contributed by atoms with van der Waals surface area (Å²) in [6, 6.07) is 16.7. The normalized spacial score (nSPS) is 15.2. The van der Waals surface area contributed by atoms with Gasteiger partial charge in [-0.25, -0.2) is 0 Å². The molecule has 2 aromatic carbocycles. The minimum absolute atomic E-state index is 0.400. The lowest BCUT2D eigenvalue weighted by atomic mass is 9.68. The first-order chi connectivity index (χ1) is 11.6. The highest BCUT2D eigenvalue weighted by atomic mass is 16.5. The van der Waals surface area contributed by atoms with Crippen LogP contribution in [0.15, 0.2) is 54.6 Å². The van der Waals surface area contributed by atoms with E-state index in [-0.39, 0.29) is 0 Å². The molecule has 0 bridgehead atoms. The van der Waals surface area contributed by atoms with Crippen molar-refractivity contribution in [2.75, 3.05) is 5.32 Å². The zero-order valence-corrected chi connectivity index (χ0v) is 13.2. The molecule has 0 aliphatic heterocycles. The summed E-state index contributed by atoms with van der Waals surface area (Å²) in [6.07, 6.45) is 1.57. The van der Waals surface area contributed by atoms with E-state index in [0.717, 1.165) is 17.7 Å². The summed E-state index contributed by atoms with van der Waals surface area (Å²) in [5, 5.41) is 12.0. The Bertz CT molecular complexity index is 721. The van der Waals surface area contributed by atoms with Crippen LogP contribution in [0.1, 0.15) is 24.8 Å². The van der Waals surface area contributed by atoms with Gasteiger partial charge in [0.1, 0.15) is 17.8 Å². The van der Waals surface area contributed by atoms with Gasteiger partial charge in [-0.3, -0.25) is 9.59 Å². The minimum atomic E-state index is -1.25. The molecule has 0 unspecified atom stereocenters. The Morgan fingerprint density at radius 2 is 1.71 bits per heavy atom. The topological polar surface area (TPSA) is 75.6 Å². The van der Waals surface area contributed by atoms with Crippen LogP contribution in [0.2, 0.25) is 0 Å². The molecule has 5 heteroatoms. The quantitative estimate of drug-likeness (QED) is 0.798. The van der Waals surface area contributed by atoms with E-state index in [1.807, 2.05) is 42.5 Å². The Morgan fingerprint density at radius 3 is 2.25 bits per heavy atom. The van der Waals surface area contributed by atoms with Gasteiger partial charge in [-0.15, -0.1) is 0 Å². The summed E-state index contributed by atoms with van der Waals surface area (Å²) in [4.78, 5) is 23.6. The lowest BCUT2D eigenvalue weighted by Crippen LogP contribution is -2.48. The van der Waals surface area contributed by atoms with E-state index in [1.54, 1.807) is 12.1 Å². The second-order valence-corrected chi connectivity index (χ2v) is 5.99. The fourth-order valence-electron chi connectivity index (χ4n) is 2.69. The predicted molar refractivity (Wildman–Crippen MR) is 89.8 cm³/mol. The molecule has 1 aliphatic rings. The lowest BCUT2D eigenvalue weighted by Gasteiger charge is -2.35. The standard InChI is InChI=1S/C19H19NO4/c21-17(19(18(22)23)11-4-12-19)20-15-9-7-14(8-10-15)13-24-16-5-2-1-3-6-16/h1-3,5-10H,4,11-13H2,(H,20,21)(H,22,23). The fraction of sp³-hybridized carbons (Fsp3) is 0.263. The SMILES string of the molecule is O=C(O)C1(C(=O)Nc2ccc(COc3ccccc3)cc2)CCC1. The third-order valence-corrected chi connectivity index (χ3v) is 4.41. The lowest BCUT2D eigenvalue weighted by molar-refractivity contribution is -0.159. The maximum Gasteiger partial charge on any atom is 0.319 e. The van der Waals surface area contributed by atoms with Crippen LogP contribution < -0.4 is 10.1 Å². The number of amides is 1. The zero-order chi connectivity index (χ0) is 17.0. The highest BCUT2D eigenvalue weighted by Crippen LogP contribution is 2.42. The molecular weight excluding hydrogens is 306 g/mol. The van der Waals surface area contributed by atoms with E-state index in [2.05, 4.69) is 5.32 Å². The average molecular weight is 325 g/mol. The number of carbonyl (C=O) groups excluding carboxylic acids is 1. The van der Waals surface area contributed by atoms with Crippen LogP contribution in [0.4, 0.5) is 5.69 Å². The molecule has 124 valence electrons. The van der Waals surface area contributed by atoms with Crippen LogP contribution in [0, 0.1) is 5.41 Å². The van der Waals surface area contributed by atoms with Gasteiger partial charge in [-0.2, -0.15) is 0 Å². The molecule has 1 aliphatic carbocycles. The molecule has 0 spiro atoms. The van der Waals surface area contributed by atoms with Gasteiger partial charge in [0.15, 0.2) is 0 Å². The molecule has 2 aromatic rings. The van der Waals surface area contributed by atoms with Crippen molar-refractivity contribution < 1.29 is 19.4 Å². The van der Waals surface area contributed by atoms with Gasteiger partial charge in [0.25, 0.3) is 0 Å². The summed E-state index contributed by atoms with van der Waals surface area (Å²) >= 11 is 0. The third-order valence-electron chi connectivity index (χ3n) is 4.41. The summed E-state index contributed by atoms with van der Waals surface area (Å²) in [5.41, 5.74) is 0.305. The van der Waals surface area contributed by atoms with Gasteiger partial charge in [0, 0.05) is 5.69 Å². The van der Waals surface area contributed by atoms with Crippen LogP contribution in [0.3, 0.4) is 0 Å². The van der Waals surface area contributed by atoms with E-state index >= 15 is 0 Å². The number of carboxylic acid groups (broad SMARTS) is 1. The van der Waals surface area contributed by atoms with Gasteiger partial charge in [-0.05, 0) is 42.7 Å². The second-order valence-electron chi connectivity index (χ2n) is 5.99. The fourth-order valence-corrected chi connectivity index (χ4v) is 2.69. The Hall–Kier alpha value is -2.82. The number of carbonyl (C=O) groups is 2. The van der Waals surface area contributed by atoms with Gasteiger partial charge in [0.05, 0.1) is 0 Å². The number of carboxylic acids is 1. The largest absolute Gasteiger partial charge is 0.489 e. The van der Waals surface area contributed by atoms with E-state index < -0.39 is 17.3 Å². The van der Waals surface area contributed by atoms with Crippen molar-refractivity contribution in [1.29, 1.82) is 0 Å². The average Bonchev–Trinajstić information content (AvgIpc) is 2.54. The van der Waals surface area contributed by atoms with Gasteiger partial charge < -0.3 is 15.2 Å². The molecular formula is C19H19NO4. The Kier molecular flexibility index (Phi) is 4.51. The number of nitrogens with one attached hydrogen (secondary N) is 1. The van der Waals surface area contributed by atoms with Gasteiger partial charge >= 0.3 is 5.97 Å². The predicted octanol–water partition coefficient (Wildman–Crippen LogP) is 3.46. The number of anilines is 1. The number of benzene rings is 2. The molecule has 1 fully saturated rings. The van der Waals surface area contributed by atoms with Crippen LogP contribution in [0.5, 0.6) is 5.75 Å². The molecule has 24 heavy (non-hydrogen) atoms. The van der Waals surface area contributed by atoms with E-state index in [4.69, 9.17) is 4.74 Å². The summed E-state index contributed by atoms with van der Waals surface area (Å²) in [5.74, 6) is -0.683. The molecule has 1 saturated carbocycles. The molecule has 2 N–H and O–H groups in total. The van der Waals surface area contributed by atoms with Crippen molar-refractivity contribution in [3.63, 3.8) is 0 Å². The molecule has 0 heterocycles. The van der Waals surface area contributed by atoms with Crippen LogP contribution in [-0.2, 0) is 16.2 Å². The number of aliphatic carboxylic acids is 1. The van der Waals surface area contributed by atoms with Crippen molar-refractivity contribution in [3.8, 4) is 5.75 Å². The van der Waals surface area contributed by atoms with E-state index in [9.17, 15) is 14.7 Å². The first kappa shape index (κ1) is 16.1. The Balaban J connectivity index is 1.58. The van der Waals surface area contributed by atoms with Crippen molar-refractivity contribution in [2.45, 2.75) is 25.9 Å². The molecule has 0 atom stereocenters. The Morgan fingerprint density at radius 1 is 1.04 bits per heavy atom. The summed E-state index contributed by atoms with van der Waals surface area (Å²) < 4.78 is 5.66. The van der Waals surface area contributed by atoms with Gasteiger partial charge in [-0.1, -0.05) is 36.8 Å². The monoisotopic (exact) mass is 325 g/mol. The van der Waals surface area contributed by atoms with Crippen molar-refractivity contribution in [2.24, 2.45) is 5.41 Å². The summed E-state index contributed by atoms with van der Waals surface area (Å²) in [7, 11) is 0. The smallest absolute Gasteiger partial charge is 0.319 e. The van der Waals surface area contributed by atoms with E-state index in [0.29, 0.717) is 25.1 Å². The van der Waals surface area contributed by atoms with Crippen molar-refractivity contribution in [3.05, 3.63) is 60.2 Å². The first-order valence-electron chi connectivity index (χ1n) is 7.92. The number of ether oxygens (including phenoxy) is 1. The number of rotatable bonds is 6. The molecule has 1 amide bonds. The maximum absolute atomic E-state index is 12.2. The number of hydrogen-bond donors (Lipinski definition) is 2. The van der Waals surface area contributed by atoms with Crippen LogP contribution >= 0.6 is 0 Å². The molecule has 3 rings (SSSR count). The summed E-state index contributed by atoms with van der Waals surface area (Å²) in [6.45, 7) is 0.428. The maximum atomic E-state index is 12.2. The van der Waals surface area contributed by atoms with Crippen molar-refractivity contribution >= 4 is 17.6 Å². The first-order valence-corrected chi connectivity index (χ1v) is 7.92. The molecule has 0 aromatic heterocycles. The zero-order valence-electron chi connectivity index (χ0n) is 13.2.